The maximum Gasteiger partial charge on any atom is 0.114 e. The Morgan fingerprint density at radius 2 is 1.60 bits per heavy atom. The summed E-state index contributed by atoms with van der Waals surface area (Å²) in [7, 11) is 0. The van der Waals surface area contributed by atoms with E-state index in [0.29, 0.717) is 0 Å². The van der Waals surface area contributed by atoms with Crippen molar-refractivity contribution in [3.8, 4) is 11.1 Å². The highest BCUT2D eigenvalue weighted by atomic mass is 32.1. The molecule has 20 heavy (non-hydrogen) atoms. The fourth-order valence-electron chi connectivity index (χ4n) is 2.17. The summed E-state index contributed by atoms with van der Waals surface area (Å²) in [6.45, 7) is 2.05. The molecule has 0 aliphatic carbocycles. The van der Waals surface area contributed by atoms with Gasteiger partial charge in [-0.05, 0) is 23.6 Å². The molecule has 0 bridgehead atoms. The Kier molecular flexibility index (Phi) is 3.63. The van der Waals surface area contributed by atoms with Crippen molar-refractivity contribution < 1.29 is 0 Å². The van der Waals surface area contributed by atoms with E-state index in [9.17, 15) is 0 Å². The predicted molar refractivity (Wildman–Crippen MR) is 84.8 cm³/mol. The van der Waals surface area contributed by atoms with Crippen LogP contribution in [0.5, 0.6) is 0 Å². The summed E-state index contributed by atoms with van der Waals surface area (Å²) in [5.74, 6) is 0. The summed E-state index contributed by atoms with van der Waals surface area (Å²) in [5, 5.41) is 0.968. The smallest absolute Gasteiger partial charge is 0.114 e. The van der Waals surface area contributed by atoms with Crippen LogP contribution in [0, 0.1) is 6.92 Å². The van der Waals surface area contributed by atoms with Crippen LogP contribution in [-0.2, 0) is 0 Å². The van der Waals surface area contributed by atoms with Crippen LogP contribution >= 0.6 is 11.3 Å². The van der Waals surface area contributed by atoms with E-state index in [-0.39, 0.29) is 6.04 Å². The minimum atomic E-state index is -0.140. The lowest BCUT2D eigenvalue weighted by molar-refractivity contribution is 0.858. The molecule has 1 unspecified atom stereocenters. The highest BCUT2D eigenvalue weighted by Gasteiger charge is 2.12. The standard InChI is InChI=1S/C17H16N2S/c1-12-11-19-17(20-12)16(18)15-9-7-14(8-10-15)13-5-3-2-4-6-13/h2-11,16H,18H2,1H3. The first-order valence-electron chi connectivity index (χ1n) is 6.57. The highest BCUT2D eigenvalue weighted by molar-refractivity contribution is 7.11. The molecule has 0 saturated carbocycles. The van der Waals surface area contributed by atoms with Crippen molar-refractivity contribution in [1.29, 1.82) is 0 Å². The second-order valence-corrected chi connectivity index (χ2v) is 6.04. The molecule has 2 nitrogen and oxygen atoms in total. The molecule has 1 heterocycles. The Morgan fingerprint density at radius 3 is 2.20 bits per heavy atom. The van der Waals surface area contributed by atoms with Gasteiger partial charge in [-0.3, -0.25) is 0 Å². The van der Waals surface area contributed by atoms with Crippen molar-refractivity contribution in [2.24, 2.45) is 5.73 Å². The summed E-state index contributed by atoms with van der Waals surface area (Å²) in [5.41, 5.74) is 9.79. The third-order valence-corrected chi connectivity index (χ3v) is 4.28. The van der Waals surface area contributed by atoms with Crippen molar-refractivity contribution in [2.45, 2.75) is 13.0 Å². The van der Waals surface area contributed by atoms with Gasteiger partial charge in [0.1, 0.15) is 5.01 Å². The minimum Gasteiger partial charge on any atom is -0.318 e. The van der Waals surface area contributed by atoms with Gasteiger partial charge in [0.05, 0.1) is 6.04 Å². The molecule has 2 aromatic carbocycles. The summed E-state index contributed by atoms with van der Waals surface area (Å²) >= 11 is 1.66. The molecule has 0 spiro atoms. The third kappa shape index (κ3) is 2.64. The Labute approximate surface area is 122 Å². The number of nitrogens with zero attached hydrogens (tertiary/aromatic N) is 1. The Morgan fingerprint density at radius 1 is 0.950 bits per heavy atom. The number of nitrogens with two attached hydrogens (primary N) is 1. The average molecular weight is 280 g/mol. The maximum absolute atomic E-state index is 6.27. The van der Waals surface area contributed by atoms with Crippen molar-refractivity contribution in [3.63, 3.8) is 0 Å². The molecule has 3 aromatic rings. The molecule has 2 N–H and O–H groups in total. The van der Waals surface area contributed by atoms with Crippen LogP contribution < -0.4 is 5.73 Å². The van der Waals surface area contributed by atoms with Crippen LogP contribution in [0.25, 0.3) is 11.1 Å². The molecule has 0 radical (unpaired) electrons. The fraction of sp³-hybridized carbons (Fsp3) is 0.118. The maximum atomic E-state index is 6.27. The number of hydrogen-bond donors (Lipinski definition) is 1. The topological polar surface area (TPSA) is 38.9 Å². The van der Waals surface area contributed by atoms with Crippen LogP contribution in [-0.4, -0.2) is 4.98 Å². The Bertz CT molecular complexity index is 687. The van der Waals surface area contributed by atoms with E-state index in [4.69, 9.17) is 5.73 Å². The molecule has 3 heteroatoms. The second kappa shape index (κ2) is 5.57. The van der Waals surface area contributed by atoms with Crippen molar-refractivity contribution in [1.82, 2.24) is 4.98 Å². The van der Waals surface area contributed by atoms with Gasteiger partial charge in [0.25, 0.3) is 0 Å². The van der Waals surface area contributed by atoms with E-state index in [2.05, 4.69) is 41.4 Å². The van der Waals surface area contributed by atoms with Crippen LogP contribution in [0.15, 0.2) is 60.8 Å². The highest BCUT2D eigenvalue weighted by Crippen LogP contribution is 2.26. The molecule has 0 saturated heterocycles. The van der Waals surface area contributed by atoms with Crippen molar-refractivity contribution >= 4 is 11.3 Å². The largest absolute Gasteiger partial charge is 0.318 e. The Balaban J connectivity index is 1.86. The van der Waals surface area contributed by atoms with Gasteiger partial charge in [0, 0.05) is 11.1 Å². The fourth-order valence-corrected chi connectivity index (χ4v) is 2.98. The average Bonchev–Trinajstić information content (AvgIpc) is 2.94. The molecule has 1 atom stereocenters. The van der Waals surface area contributed by atoms with Gasteiger partial charge in [-0.15, -0.1) is 11.3 Å². The summed E-state index contributed by atoms with van der Waals surface area (Å²) < 4.78 is 0. The van der Waals surface area contributed by atoms with Gasteiger partial charge in [0.2, 0.25) is 0 Å². The predicted octanol–water partition coefficient (Wildman–Crippen LogP) is 4.17. The summed E-state index contributed by atoms with van der Waals surface area (Å²) in [4.78, 5) is 5.56. The monoisotopic (exact) mass is 280 g/mol. The number of thiazole rings is 1. The Hall–Kier alpha value is -1.97. The molecule has 100 valence electrons. The van der Waals surface area contributed by atoms with E-state index in [1.54, 1.807) is 11.3 Å². The number of aryl methyl sites for hydroxylation is 1. The molecular weight excluding hydrogens is 264 g/mol. The number of rotatable bonds is 3. The zero-order valence-electron chi connectivity index (χ0n) is 11.3. The van der Waals surface area contributed by atoms with Crippen molar-refractivity contribution in [3.05, 3.63) is 76.2 Å². The number of benzene rings is 2. The lowest BCUT2D eigenvalue weighted by atomic mass is 10.0. The van der Waals surface area contributed by atoms with Gasteiger partial charge < -0.3 is 5.73 Å². The number of aromatic nitrogens is 1. The first kappa shape index (κ1) is 13.0. The van der Waals surface area contributed by atoms with Gasteiger partial charge in [-0.2, -0.15) is 0 Å². The molecule has 0 amide bonds. The van der Waals surface area contributed by atoms with Crippen LogP contribution in [0.3, 0.4) is 0 Å². The van der Waals surface area contributed by atoms with Gasteiger partial charge in [-0.25, -0.2) is 4.98 Å². The second-order valence-electron chi connectivity index (χ2n) is 4.77. The quantitative estimate of drug-likeness (QED) is 0.782. The van der Waals surface area contributed by atoms with E-state index in [1.807, 2.05) is 31.3 Å². The minimum absolute atomic E-state index is 0.140. The van der Waals surface area contributed by atoms with Gasteiger partial charge in [0.15, 0.2) is 0 Å². The molecule has 3 rings (SSSR count). The van der Waals surface area contributed by atoms with E-state index in [0.717, 1.165) is 10.6 Å². The van der Waals surface area contributed by atoms with E-state index >= 15 is 0 Å². The lowest BCUT2D eigenvalue weighted by Gasteiger charge is -2.10. The molecule has 1 aromatic heterocycles. The van der Waals surface area contributed by atoms with Crippen LogP contribution in [0.4, 0.5) is 0 Å². The number of hydrogen-bond acceptors (Lipinski definition) is 3. The van der Waals surface area contributed by atoms with Crippen LogP contribution in [0.1, 0.15) is 21.5 Å². The van der Waals surface area contributed by atoms with Crippen molar-refractivity contribution in [2.75, 3.05) is 0 Å². The lowest BCUT2D eigenvalue weighted by Crippen LogP contribution is -2.11. The molecule has 0 aliphatic rings. The third-order valence-electron chi connectivity index (χ3n) is 3.28. The van der Waals surface area contributed by atoms with E-state index in [1.165, 1.54) is 16.0 Å². The SMILES string of the molecule is Cc1cnc(C(N)c2ccc(-c3ccccc3)cc2)s1. The normalized spacial score (nSPS) is 12.3. The molecule has 0 fully saturated rings. The van der Waals surface area contributed by atoms with Gasteiger partial charge in [-0.1, -0.05) is 54.6 Å². The first-order valence-corrected chi connectivity index (χ1v) is 7.39. The molecular formula is C17H16N2S. The zero-order valence-corrected chi connectivity index (χ0v) is 12.1. The first-order chi connectivity index (χ1) is 9.74. The molecule has 0 aliphatic heterocycles. The van der Waals surface area contributed by atoms with Crippen LogP contribution in [0.2, 0.25) is 0 Å². The summed E-state index contributed by atoms with van der Waals surface area (Å²) in [6, 6.07) is 18.6. The zero-order chi connectivity index (χ0) is 13.9. The van der Waals surface area contributed by atoms with E-state index < -0.39 is 0 Å². The summed E-state index contributed by atoms with van der Waals surface area (Å²) in [6.07, 6.45) is 1.87. The van der Waals surface area contributed by atoms with Gasteiger partial charge >= 0.3 is 0 Å².